The minimum atomic E-state index is -1.36. The lowest BCUT2D eigenvalue weighted by molar-refractivity contribution is -0.124. The number of rotatable bonds is 5. The van der Waals surface area contributed by atoms with Crippen molar-refractivity contribution >= 4 is 0 Å². The van der Waals surface area contributed by atoms with Gasteiger partial charge in [0.2, 0.25) is 0 Å². The Labute approximate surface area is 141 Å². The highest BCUT2D eigenvalue weighted by Crippen LogP contribution is 2.35. The van der Waals surface area contributed by atoms with Gasteiger partial charge in [-0.05, 0) is 29.3 Å². The molecular weight excluding hydrogens is 309 g/mol. The van der Waals surface area contributed by atoms with Crippen molar-refractivity contribution in [3.63, 3.8) is 0 Å². The molecule has 1 fully saturated rings. The van der Waals surface area contributed by atoms with Crippen LogP contribution in [-0.4, -0.2) is 38.0 Å². The van der Waals surface area contributed by atoms with Crippen molar-refractivity contribution in [2.45, 2.75) is 18.1 Å². The number of morpholine rings is 1. The molecule has 3 rings (SSSR count). The lowest BCUT2D eigenvalue weighted by Crippen LogP contribution is -2.52. The van der Waals surface area contributed by atoms with E-state index in [1.54, 1.807) is 19.2 Å². The van der Waals surface area contributed by atoms with E-state index in [-0.39, 0.29) is 12.2 Å². The second-order valence-corrected chi connectivity index (χ2v) is 5.99. The fraction of sp³-hybridized carbons (Fsp3) is 0.368. The van der Waals surface area contributed by atoms with E-state index in [1.807, 2.05) is 24.3 Å². The molecule has 0 aromatic heterocycles. The first-order valence-electron chi connectivity index (χ1n) is 8.06. The highest BCUT2D eigenvalue weighted by atomic mass is 19.1. The second kappa shape index (κ2) is 7.30. The van der Waals surface area contributed by atoms with E-state index in [1.165, 1.54) is 12.1 Å². The van der Waals surface area contributed by atoms with Gasteiger partial charge in [0, 0.05) is 19.5 Å². The third-order valence-corrected chi connectivity index (χ3v) is 4.44. The van der Waals surface area contributed by atoms with Crippen LogP contribution in [0.3, 0.4) is 0 Å². The van der Waals surface area contributed by atoms with Crippen LogP contribution in [0.15, 0.2) is 48.5 Å². The maximum atomic E-state index is 13.8. The molecule has 0 bridgehead atoms. The standard InChI is InChI=1S/C19H22FNO3/c1-23-17-8-3-2-5-14(17)12-19(22,18-13-21-9-10-24-18)15-6-4-7-16(20)11-15/h2-8,11,18,21-22H,9-10,12-13H2,1H3/t18-,19?/m0/s1. The van der Waals surface area contributed by atoms with Crippen LogP contribution in [0.4, 0.5) is 4.39 Å². The van der Waals surface area contributed by atoms with Gasteiger partial charge < -0.3 is 19.9 Å². The molecule has 2 aromatic rings. The van der Waals surface area contributed by atoms with E-state index in [0.717, 1.165) is 12.1 Å². The first-order valence-corrected chi connectivity index (χ1v) is 8.06. The molecule has 1 heterocycles. The van der Waals surface area contributed by atoms with Gasteiger partial charge in [-0.2, -0.15) is 0 Å². The fourth-order valence-corrected chi connectivity index (χ4v) is 3.17. The monoisotopic (exact) mass is 331 g/mol. The molecule has 24 heavy (non-hydrogen) atoms. The molecule has 128 valence electrons. The predicted octanol–water partition coefficient (Wildman–Crippen LogP) is 2.25. The van der Waals surface area contributed by atoms with Gasteiger partial charge in [0.25, 0.3) is 0 Å². The molecule has 0 spiro atoms. The first kappa shape index (κ1) is 16.9. The van der Waals surface area contributed by atoms with Crippen LogP contribution in [0.2, 0.25) is 0 Å². The number of benzene rings is 2. The molecule has 1 aliphatic heterocycles. The zero-order valence-corrected chi connectivity index (χ0v) is 13.7. The number of methoxy groups -OCH3 is 1. The maximum Gasteiger partial charge on any atom is 0.123 e. The Morgan fingerprint density at radius 3 is 2.83 bits per heavy atom. The average molecular weight is 331 g/mol. The van der Waals surface area contributed by atoms with Crippen LogP contribution in [0.5, 0.6) is 5.75 Å². The Balaban J connectivity index is 2.01. The Morgan fingerprint density at radius 2 is 2.12 bits per heavy atom. The predicted molar refractivity (Wildman–Crippen MR) is 89.6 cm³/mol. The summed E-state index contributed by atoms with van der Waals surface area (Å²) in [7, 11) is 1.60. The zero-order valence-electron chi connectivity index (χ0n) is 13.7. The van der Waals surface area contributed by atoms with Crippen molar-refractivity contribution in [1.29, 1.82) is 0 Å². The van der Waals surface area contributed by atoms with Gasteiger partial charge in [-0.3, -0.25) is 0 Å². The number of para-hydroxylation sites is 1. The molecule has 0 radical (unpaired) electrons. The Hall–Kier alpha value is -1.95. The lowest BCUT2D eigenvalue weighted by Gasteiger charge is -2.39. The topological polar surface area (TPSA) is 50.7 Å². The molecule has 0 amide bonds. The summed E-state index contributed by atoms with van der Waals surface area (Å²) in [6, 6.07) is 13.6. The van der Waals surface area contributed by atoms with Gasteiger partial charge in [-0.25, -0.2) is 4.39 Å². The molecule has 0 aliphatic carbocycles. The largest absolute Gasteiger partial charge is 0.496 e. The molecule has 1 aliphatic rings. The molecule has 4 nitrogen and oxygen atoms in total. The summed E-state index contributed by atoms with van der Waals surface area (Å²) in [5, 5.41) is 14.7. The first-order chi connectivity index (χ1) is 11.6. The smallest absolute Gasteiger partial charge is 0.123 e. The van der Waals surface area contributed by atoms with Crippen molar-refractivity contribution in [2.75, 3.05) is 26.8 Å². The molecule has 5 heteroatoms. The van der Waals surface area contributed by atoms with Gasteiger partial charge >= 0.3 is 0 Å². The van der Waals surface area contributed by atoms with Gasteiger partial charge in [-0.1, -0.05) is 30.3 Å². The highest BCUT2D eigenvalue weighted by Gasteiger charge is 2.41. The summed E-state index contributed by atoms with van der Waals surface area (Å²) in [6.07, 6.45) is -0.203. The van der Waals surface area contributed by atoms with Gasteiger partial charge in [0.05, 0.1) is 13.7 Å². The van der Waals surface area contributed by atoms with Crippen molar-refractivity contribution in [3.05, 3.63) is 65.5 Å². The molecule has 2 N–H and O–H groups in total. The number of hydrogen-bond acceptors (Lipinski definition) is 4. The van der Waals surface area contributed by atoms with E-state index < -0.39 is 11.7 Å². The number of nitrogens with one attached hydrogen (secondary N) is 1. The normalized spacial score (nSPS) is 20.4. The summed E-state index contributed by atoms with van der Waals surface area (Å²) < 4.78 is 25.0. The van der Waals surface area contributed by atoms with Crippen molar-refractivity contribution < 1.29 is 19.0 Å². The summed E-state index contributed by atoms with van der Waals surface area (Å²) >= 11 is 0. The average Bonchev–Trinajstić information content (AvgIpc) is 2.63. The van der Waals surface area contributed by atoms with Gasteiger partial charge in [0.1, 0.15) is 23.3 Å². The van der Waals surface area contributed by atoms with E-state index in [2.05, 4.69) is 5.32 Å². The van der Waals surface area contributed by atoms with Gasteiger partial charge in [0.15, 0.2) is 0 Å². The summed E-state index contributed by atoms with van der Waals surface area (Å²) in [6.45, 7) is 1.75. The van der Waals surface area contributed by atoms with Crippen molar-refractivity contribution in [1.82, 2.24) is 5.32 Å². The lowest BCUT2D eigenvalue weighted by atomic mass is 9.81. The van der Waals surface area contributed by atoms with E-state index in [9.17, 15) is 9.50 Å². The third-order valence-electron chi connectivity index (χ3n) is 4.44. The minimum Gasteiger partial charge on any atom is -0.496 e. The SMILES string of the molecule is COc1ccccc1CC(O)(c1cccc(F)c1)[C@@H]1CNCCO1. The number of halogens is 1. The van der Waals surface area contributed by atoms with Crippen LogP contribution >= 0.6 is 0 Å². The van der Waals surface area contributed by atoms with Crippen LogP contribution in [0, 0.1) is 5.82 Å². The van der Waals surface area contributed by atoms with Crippen LogP contribution in [0.1, 0.15) is 11.1 Å². The molecular formula is C19H22FNO3. The van der Waals surface area contributed by atoms with Crippen molar-refractivity contribution in [2.24, 2.45) is 0 Å². The van der Waals surface area contributed by atoms with E-state index in [0.29, 0.717) is 24.5 Å². The molecule has 2 aromatic carbocycles. The number of aliphatic hydroxyl groups is 1. The number of ether oxygens (including phenoxy) is 2. The molecule has 2 atom stereocenters. The minimum absolute atomic E-state index is 0.271. The van der Waals surface area contributed by atoms with Gasteiger partial charge in [-0.15, -0.1) is 0 Å². The summed E-state index contributed by atoms with van der Waals surface area (Å²) in [5.41, 5.74) is -0.00695. The van der Waals surface area contributed by atoms with Crippen LogP contribution in [-0.2, 0) is 16.8 Å². The fourth-order valence-electron chi connectivity index (χ4n) is 3.17. The number of hydrogen-bond donors (Lipinski definition) is 2. The third kappa shape index (κ3) is 3.43. The Bertz CT molecular complexity index is 688. The summed E-state index contributed by atoms with van der Waals surface area (Å²) in [4.78, 5) is 0. The Kier molecular flexibility index (Phi) is 5.14. The summed E-state index contributed by atoms with van der Waals surface area (Å²) in [5.74, 6) is 0.311. The highest BCUT2D eigenvalue weighted by molar-refractivity contribution is 5.37. The quantitative estimate of drug-likeness (QED) is 0.882. The zero-order chi connectivity index (χ0) is 17.0. The van der Waals surface area contributed by atoms with E-state index in [4.69, 9.17) is 9.47 Å². The van der Waals surface area contributed by atoms with Crippen LogP contribution in [0.25, 0.3) is 0 Å². The second-order valence-electron chi connectivity index (χ2n) is 5.99. The molecule has 0 saturated carbocycles. The molecule has 1 unspecified atom stereocenters. The Morgan fingerprint density at radius 1 is 1.29 bits per heavy atom. The molecule has 1 saturated heterocycles. The maximum absolute atomic E-state index is 13.8. The van der Waals surface area contributed by atoms with Crippen LogP contribution < -0.4 is 10.1 Å². The van der Waals surface area contributed by atoms with E-state index >= 15 is 0 Å². The van der Waals surface area contributed by atoms with Crippen molar-refractivity contribution in [3.8, 4) is 5.75 Å².